The number of H-pyrrole nitrogens is 1. The zero-order valence-electron chi connectivity index (χ0n) is 9.36. The van der Waals surface area contributed by atoms with Gasteiger partial charge in [0.1, 0.15) is 0 Å². The number of carbonyl (C=O) groups excluding carboxylic acids is 1. The Hall–Kier alpha value is -1.99. The third kappa shape index (κ3) is 1.93. The van der Waals surface area contributed by atoms with E-state index in [4.69, 9.17) is 5.84 Å². The van der Waals surface area contributed by atoms with Crippen molar-refractivity contribution in [3.05, 3.63) is 24.4 Å². The Morgan fingerprint density at radius 1 is 1.44 bits per heavy atom. The predicted octanol–water partition coefficient (Wildman–Crippen LogP) is 1.41. The summed E-state index contributed by atoms with van der Waals surface area (Å²) in [6.45, 7) is 0. The summed E-state index contributed by atoms with van der Waals surface area (Å²) < 4.78 is 0. The van der Waals surface area contributed by atoms with E-state index in [1.54, 1.807) is 18.0 Å². The first-order chi connectivity index (χ1) is 8.76. The molecule has 0 radical (unpaired) electrons. The van der Waals surface area contributed by atoms with Crippen LogP contribution >= 0.6 is 11.8 Å². The lowest BCUT2D eigenvalue weighted by atomic mass is 10.1. The number of nitrogen functional groups attached to an aromatic ring is 1. The standard InChI is InChI=1S/C11H11N5OS/c12-16-11-13-4-8(15-11)6-1-2-9-7(3-6)14-10(17)5-18-9/h1-4H,5,12H2,(H,14,17)(H2,13,15,16). The number of carbonyl (C=O) groups is 1. The van der Waals surface area contributed by atoms with Crippen LogP contribution in [0.1, 0.15) is 0 Å². The van der Waals surface area contributed by atoms with Gasteiger partial charge < -0.3 is 10.3 Å². The van der Waals surface area contributed by atoms with Crippen LogP contribution in [0.2, 0.25) is 0 Å². The predicted molar refractivity (Wildman–Crippen MR) is 71.2 cm³/mol. The summed E-state index contributed by atoms with van der Waals surface area (Å²) >= 11 is 1.54. The summed E-state index contributed by atoms with van der Waals surface area (Å²) in [5.41, 5.74) is 5.08. The van der Waals surface area contributed by atoms with Crippen molar-refractivity contribution in [1.29, 1.82) is 0 Å². The Morgan fingerprint density at radius 3 is 3.11 bits per heavy atom. The van der Waals surface area contributed by atoms with E-state index in [9.17, 15) is 4.79 Å². The summed E-state index contributed by atoms with van der Waals surface area (Å²) in [4.78, 5) is 19.5. The van der Waals surface area contributed by atoms with Gasteiger partial charge in [-0.05, 0) is 12.1 Å². The fourth-order valence-corrected chi connectivity index (χ4v) is 2.58. The van der Waals surface area contributed by atoms with Gasteiger partial charge in [-0.15, -0.1) is 11.8 Å². The molecule has 92 valence electrons. The number of nitrogens with zero attached hydrogens (tertiary/aromatic N) is 1. The van der Waals surface area contributed by atoms with Crippen molar-refractivity contribution in [1.82, 2.24) is 9.97 Å². The van der Waals surface area contributed by atoms with Crippen LogP contribution < -0.4 is 16.6 Å². The Bertz CT molecular complexity index is 609. The Kier molecular flexibility index (Phi) is 2.69. The number of fused-ring (bicyclic) bond motifs is 1. The highest BCUT2D eigenvalue weighted by atomic mass is 32.2. The number of benzene rings is 1. The number of thioether (sulfide) groups is 1. The topological polar surface area (TPSA) is 95.8 Å². The van der Waals surface area contributed by atoms with E-state index in [0.29, 0.717) is 11.7 Å². The van der Waals surface area contributed by atoms with Crippen LogP contribution in [0.5, 0.6) is 0 Å². The van der Waals surface area contributed by atoms with Crippen LogP contribution in [-0.4, -0.2) is 21.6 Å². The van der Waals surface area contributed by atoms with E-state index in [0.717, 1.165) is 21.8 Å². The highest BCUT2D eigenvalue weighted by molar-refractivity contribution is 8.00. The van der Waals surface area contributed by atoms with Crippen LogP contribution in [0.15, 0.2) is 29.3 Å². The fraction of sp³-hybridized carbons (Fsp3) is 0.0909. The molecule has 18 heavy (non-hydrogen) atoms. The van der Waals surface area contributed by atoms with Gasteiger partial charge in [0.2, 0.25) is 11.9 Å². The van der Waals surface area contributed by atoms with Gasteiger partial charge >= 0.3 is 0 Å². The Morgan fingerprint density at radius 2 is 2.33 bits per heavy atom. The molecule has 1 aromatic carbocycles. The molecular formula is C11H11N5OS. The van der Waals surface area contributed by atoms with Crippen LogP contribution in [0.25, 0.3) is 11.3 Å². The molecule has 1 amide bonds. The molecule has 5 N–H and O–H groups in total. The van der Waals surface area contributed by atoms with Crippen molar-refractivity contribution in [3.63, 3.8) is 0 Å². The molecule has 2 heterocycles. The van der Waals surface area contributed by atoms with Gasteiger partial charge in [-0.3, -0.25) is 10.2 Å². The number of aromatic amines is 1. The highest BCUT2D eigenvalue weighted by Gasteiger charge is 2.16. The molecule has 0 aliphatic carbocycles. The number of imidazole rings is 1. The molecule has 0 bridgehead atoms. The third-order valence-electron chi connectivity index (χ3n) is 2.64. The second-order valence-electron chi connectivity index (χ2n) is 3.84. The molecule has 6 nitrogen and oxygen atoms in total. The van der Waals surface area contributed by atoms with Crippen molar-refractivity contribution < 1.29 is 4.79 Å². The number of hydrogen-bond acceptors (Lipinski definition) is 5. The van der Waals surface area contributed by atoms with Crippen LogP contribution in [-0.2, 0) is 4.79 Å². The second kappa shape index (κ2) is 4.35. The molecule has 7 heteroatoms. The number of aromatic nitrogens is 2. The summed E-state index contributed by atoms with van der Waals surface area (Å²) in [5.74, 6) is 6.26. The molecule has 2 aromatic rings. The molecule has 1 aromatic heterocycles. The van der Waals surface area contributed by atoms with Gasteiger partial charge in [-0.2, -0.15) is 0 Å². The number of nitrogens with one attached hydrogen (secondary N) is 3. The lowest BCUT2D eigenvalue weighted by Gasteiger charge is -2.16. The molecule has 0 saturated heterocycles. The zero-order valence-corrected chi connectivity index (χ0v) is 10.2. The number of rotatable bonds is 2. The lowest BCUT2D eigenvalue weighted by Crippen LogP contribution is -2.18. The van der Waals surface area contributed by atoms with E-state index >= 15 is 0 Å². The minimum absolute atomic E-state index is 0.0265. The maximum atomic E-state index is 11.3. The van der Waals surface area contributed by atoms with Gasteiger partial charge in [-0.25, -0.2) is 10.8 Å². The van der Waals surface area contributed by atoms with Crippen LogP contribution in [0, 0.1) is 0 Å². The van der Waals surface area contributed by atoms with E-state index in [1.807, 2.05) is 18.2 Å². The SMILES string of the molecule is NNc1ncc(-c2ccc3c(c2)NC(=O)CS3)[nH]1. The van der Waals surface area contributed by atoms with Crippen molar-refractivity contribution >= 4 is 29.3 Å². The molecule has 0 spiro atoms. The van der Waals surface area contributed by atoms with Gasteiger partial charge in [-0.1, -0.05) is 6.07 Å². The van der Waals surface area contributed by atoms with Crippen LogP contribution in [0.3, 0.4) is 0 Å². The van der Waals surface area contributed by atoms with Crippen molar-refractivity contribution in [2.24, 2.45) is 5.84 Å². The first-order valence-corrected chi connectivity index (χ1v) is 6.33. The average Bonchev–Trinajstić information content (AvgIpc) is 2.86. The molecule has 0 fully saturated rings. The summed E-state index contributed by atoms with van der Waals surface area (Å²) in [6.07, 6.45) is 1.69. The number of nitrogens with two attached hydrogens (primary N) is 1. The fourth-order valence-electron chi connectivity index (χ4n) is 1.79. The third-order valence-corrected chi connectivity index (χ3v) is 3.71. The minimum Gasteiger partial charge on any atom is -0.324 e. The van der Waals surface area contributed by atoms with E-state index in [-0.39, 0.29) is 5.91 Å². The molecule has 0 atom stereocenters. The van der Waals surface area contributed by atoms with Crippen molar-refractivity contribution in [2.45, 2.75) is 4.90 Å². The van der Waals surface area contributed by atoms with E-state index in [1.165, 1.54) is 0 Å². The summed E-state index contributed by atoms with van der Waals surface area (Å²) in [7, 11) is 0. The van der Waals surface area contributed by atoms with E-state index in [2.05, 4.69) is 20.7 Å². The minimum atomic E-state index is 0.0265. The second-order valence-corrected chi connectivity index (χ2v) is 4.85. The van der Waals surface area contributed by atoms with Crippen molar-refractivity contribution in [3.8, 4) is 11.3 Å². The first kappa shape index (κ1) is 11.1. The number of amides is 1. The van der Waals surface area contributed by atoms with Crippen LogP contribution in [0.4, 0.5) is 11.6 Å². The maximum absolute atomic E-state index is 11.3. The number of anilines is 2. The van der Waals surface area contributed by atoms with Crippen molar-refractivity contribution in [2.75, 3.05) is 16.5 Å². The molecule has 1 aliphatic heterocycles. The first-order valence-electron chi connectivity index (χ1n) is 5.35. The molecular weight excluding hydrogens is 250 g/mol. The van der Waals surface area contributed by atoms with Gasteiger partial charge in [0.15, 0.2) is 0 Å². The quantitative estimate of drug-likeness (QED) is 0.484. The normalized spacial score (nSPS) is 13.9. The lowest BCUT2D eigenvalue weighted by molar-refractivity contribution is -0.113. The zero-order chi connectivity index (χ0) is 12.5. The van der Waals surface area contributed by atoms with Gasteiger partial charge in [0.05, 0.1) is 23.3 Å². The summed E-state index contributed by atoms with van der Waals surface area (Å²) in [5, 5.41) is 2.86. The van der Waals surface area contributed by atoms with Gasteiger partial charge in [0, 0.05) is 10.5 Å². The molecule has 0 saturated carbocycles. The molecule has 1 aliphatic rings. The monoisotopic (exact) mass is 261 g/mol. The van der Waals surface area contributed by atoms with Gasteiger partial charge in [0.25, 0.3) is 0 Å². The molecule has 3 rings (SSSR count). The Balaban J connectivity index is 1.98. The largest absolute Gasteiger partial charge is 0.324 e. The smallest absolute Gasteiger partial charge is 0.234 e. The molecule has 0 unspecified atom stereocenters. The van der Waals surface area contributed by atoms with E-state index < -0.39 is 0 Å². The Labute approximate surface area is 107 Å². The number of hydrogen-bond donors (Lipinski definition) is 4. The maximum Gasteiger partial charge on any atom is 0.234 e. The average molecular weight is 261 g/mol. The number of hydrazine groups is 1. The highest BCUT2D eigenvalue weighted by Crippen LogP contribution is 2.34. The summed E-state index contributed by atoms with van der Waals surface area (Å²) in [6, 6.07) is 5.90.